The Balaban J connectivity index is 1.67. The minimum atomic E-state index is -3.11. The molecule has 2 fully saturated rings. The van der Waals surface area contributed by atoms with Crippen LogP contribution in [0, 0.1) is 19.7 Å². The molecule has 0 saturated carbocycles. The summed E-state index contributed by atoms with van der Waals surface area (Å²) >= 11 is 1.36. The van der Waals surface area contributed by atoms with E-state index in [1.807, 2.05) is 36.9 Å². The van der Waals surface area contributed by atoms with Gasteiger partial charge in [-0.3, -0.25) is 4.79 Å². The van der Waals surface area contributed by atoms with Gasteiger partial charge in [0.15, 0.2) is 15.0 Å². The van der Waals surface area contributed by atoms with Gasteiger partial charge in [-0.1, -0.05) is 36.0 Å². The van der Waals surface area contributed by atoms with Crippen LogP contribution in [0.25, 0.3) is 0 Å². The molecule has 0 unspecified atom stereocenters. The van der Waals surface area contributed by atoms with Gasteiger partial charge >= 0.3 is 0 Å². The highest BCUT2D eigenvalue weighted by Gasteiger charge is 2.49. The van der Waals surface area contributed by atoms with Crippen LogP contribution < -0.4 is 4.90 Å². The predicted molar refractivity (Wildman–Crippen MR) is 115 cm³/mol. The minimum Gasteiger partial charge on any atom is -0.315 e. The smallest absolute Gasteiger partial charge is 0.252 e. The molecular formula is C21H21FN2O3S2. The average Bonchev–Trinajstić information content (AvgIpc) is 3.10. The fraction of sp³-hybridized carbons (Fsp3) is 0.333. The van der Waals surface area contributed by atoms with Gasteiger partial charge in [-0.05, 0) is 48.7 Å². The molecule has 2 aliphatic heterocycles. The van der Waals surface area contributed by atoms with E-state index in [9.17, 15) is 17.6 Å². The van der Waals surface area contributed by atoms with E-state index in [2.05, 4.69) is 4.99 Å². The van der Waals surface area contributed by atoms with Crippen molar-refractivity contribution >= 4 is 38.4 Å². The average molecular weight is 433 g/mol. The number of carbonyl (C=O) groups is 1. The Morgan fingerprint density at radius 2 is 1.90 bits per heavy atom. The summed E-state index contributed by atoms with van der Waals surface area (Å²) < 4.78 is 37.5. The number of rotatable bonds is 3. The molecule has 5 nitrogen and oxygen atoms in total. The maximum atomic E-state index is 13.1. The Kier molecular flexibility index (Phi) is 5.25. The number of carbonyl (C=O) groups excluding carboxylic acids is 1. The van der Waals surface area contributed by atoms with Crippen LogP contribution in [0.15, 0.2) is 47.5 Å². The highest BCUT2D eigenvalue weighted by molar-refractivity contribution is 8.16. The van der Waals surface area contributed by atoms with Crippen LogP contribution >= 0.6 is 11.8 Å². The van der Waals surface area contributed by atoms with Crippen LogP contribution in [0.1, 0.15) is 16.7 Å². The maximum absolute atomic E-state index is 13.1. The van der Waals surface area contributed by atoms with Crippen molar-refractivity contribution < 1.29 is 17.6 Å². The van der Waals surface area contributed by atoms with E-state index in [-0.39, 0.29) is 40.9 Å². The van der Waals surface area contributed by atoms with Gasteiger partial charge in [-0.15, -0.1) is 0 Å². The highest BCUT2D eigenvalue weighted by Crippen LogP contribution is 2.42. The zero-order valence-electron chi connectivity index (χ0n) is 16.1. The van der Waals surface area contributed by atoms with Gasteiger partial charge in [0.05, 0.1) is 24.0 Å². The number of nitrogens with zero attached hydrogens (tertiary/aromatic N) is 2. The van der Waals surface area contributed by atoms with Crippen molar-refractivity contribution in [2.24, 2.45) is 4.99 Å². The standard InChI is InChI=1S/C21H21FN2O3S2/c1-13-4-3-5-17(14(13)2)24-18-11-29(26,27)12-19(18)28-21(24)23-20(25)10-15-6-8-16(22)9-7-15/h3-9,18-19H,10-12H2,1-2H3/t18-,19-/m0/s1. The Morgan fingerprint density at radius 3 is 2.62 bits per heavy atom. The lowest BCUT2D eigenvalue weighted by atomic mass is 10.1. The van der Waals surface area contributed by atoms with Crippen molar-refractivity contribution in [2.45, 2.75) is 31.6 Å². The second-order valence-corrected chi connectivity index (χ2v) is 10.8. The first-order valence-corrected chi connectivity index (χ1v) is 12.0. The molecule has 4 rings (SSSR count). The number of aryl methyl sites for hydroxylation is 1. The summed E-state index contributed by atoms with van der Waals surface area (Å²) in [6, 6.07) is 11.4. The van der Waals surface area contributed by atoms with Crippen molar-refractivity contribution in [1.82, 2.24) is 0 Å². The van der Waals surface area contributed by atoms with E-state index in [4.69, 9.17) is 0 Å². The summed E-state index contributed by atoms with van der Waals surface area (Å²) in [7, 11) is -3.11. The van der Waals surface area contributed by atoms with Gasteiger partial charge in [0.25, 0.3) is 5.91 Å². The topological polar surface area (TPSA) is 66.8 Å². The molecule has 2 aromatic carbocycles. The number of halogens is 1. The lowest BCUT2D eigenvalue weighted by Gasteiger charge is -2.26. The van der Waals surface area contributed by atoms with Crippen LogP contribution in [0.3, 0.4) is 0 Å². The van der Waals surface area contributed by atoms with Crippen LogP contribution in [-0.2, 0) is 21.1 Å². The van der Waals surface area contributed by atoms with Gasteiger partial charge in [-0.25, -0.2) is 12.8 Å². The number of aliphatic imine (C=N–C) groups is 1. The fourth-order valence-electron chi connectivity index (χ4n) is 3.77. The predicted octanol–water partition coefficient (Wildman–Crippen LogP) is 3.29. The Hall–Kier alpha value is -2.19. The first-order chi connectivity index (χ1) is 13.7. The van der Waals surface area contributed by atoms with Gasteiger partial charge in [-0.2, -0.15) is 4.99 Å². The molecule has 0 spiro atoms. The van der Waals surface area contributed by atoms with E-state index < -0.39 is 9.84 Å². The number of benzene rings is 2. The zero-order chi connectivity index (χ0) is 20.8. The molecule has 0 radical (unpaired) electrons. The molecule has 2 heterocycles. The SMILES string of the molecule is Cc1cccc(N2C(=NC(=O)Cc3ccc(F)cc3)S[C@H]3CS(=O)(=O)C[C@@H]32)c1C. The summed E-state index contributed by atoms with van der Waals surface area (Å²) in [5.74, 6) is -0.538. The molecule has 8 heteroatoms. The van der Waals surface area contributed by atoms with Crippen molar-refractivity contribution in [1.29, 1.82) is 0 Å². The third-order valence-corrected chi connectivity index (χ3v) is 8.60. The molecule has 1 amide bonds. The van der Waals surface area contributed by atoms with E-state index >= 15 is 0 Å². The van der Waals surface area contributed by atoms with E-state index in [0.717, 1.165) is 16.8 Å². The Bertz CT molecular complexity index is 1100. The number of fused-ring (bicyclic) bond motifs is 1. The molecule has 2 saturated heterocycles. The Morgan fingerprint density at radius 1 is 1.17 bits per heavy atom. The summed E-state index contributed by atoms with van der Waals surface area (Å²) in [6.07, 6.45) is 0.0681. The molecule has 0 N–H and O–H groups in total. The van der Waals surface area contributed by atoms with E-state index in [0.29, 0.717) is 10.7 Å². The number of hydrogen-bond donors (Lipinski definition) is 0. The molecule has 2 aromatic rings. The van der Waals surface area contributed by atoms with Crippen molar-refractivity contribution in [3.63, 3.8) is 0 Å². The Labute approximate surface area is 173 Å². The number of amidine groups is 1. The summed E-state index contributed by atoms with van der Waals surface area (Å²) in [6.45, 7) is 3.99. The lowest BCUT2D eigenvalue weighted by molar-refractivity contribution is -0.117. The lowest BCUT2D eigenvalue weighted by Crippen LogP contribution is -2.38. The number of amides is 1. The maximum Gasteiger partial charge on any atom is 0.252 e. The number of anilines is 1. The second-order valence-electron chi connectivity index (χ2n) is 7.48. The normalized spacial score (nSPS) is 24.1. The monoisotopic (exact) mass is 432 g/mol. The van der Waals surface area contributed by atoms with Crippen molar-refractivity contribution in [3.05, 3.63) is 65.0 Å². The molecule has 0 aliphatic carbocycles. The number of thioether (sulfide) groups is 1. The molecule has 29 heavy (non-hydrogen) atoms. The van der Waals surface area contributed by atoms with Crippen molar-refractivity contribution in [3.8, 4) is 0 Å². The molecule has 152 valence electrons. The number of sulfone groups is 1. The second kappa shape index (κ2) is 7.57. The molecule has 2 aliphatic rings. The number of hydrogen-bond acceptors (Lipinski definition) is 4. The third kappa shape index (κ3) is 4.09. The largest absolute Gasteiger partial charge is 0.315 e. The zero-order valence-corrected chi connectivity index (χ0v) is 17.8. The summed E-state index contributed by atoms with van der Waals surface area (Å²) in [5, 5.41) is 0.396. The van der Waals surface area contributed by atoms with Crippen LogP contribution in [0.4, 0.5) is 10.1 Å². The highest BCUT2D eigenvalue weighted by atomic mass is 32.2. The van der Waals surface area contributed by atoms with Gasteiger partial charge in [0, 0.05) is 10.9 Å². The summed E-state index contributed by atoms with van der Waals surface area (Å²) in [4.78, 5) is 18.8. The molecule has 0 bridgehead atoms. The van der Waals surface area contributed by atoms with Crippen molar-refractivity contribution in [2.75, 3.05) is 16.4 Å². The first kappa shape index (κ1) is 20.1. The third-order valence-electron chi connectivity index (χ3n) is 5.39. The molecular weight excluding hydrogens is 411 g/mol. The first-order valence-electron chi connectivity index (χ1n) is 9.32. The summed E-state index contributed by atoms with van der Waals surface area (Å²) in [5.41, 5.74) is 3.70. The minimum absolute atomic E-state index is 0.0588. The van der Waals surface area contributed by atoms with Gasteiger partial charge in [0.1, 0.15) is 5.82 Å². The van der Waals surface area contributed by atoms with Gasteiger partial charge in [0.2, 0.25) is 0 Å². The van der Waals surface area contributed by atoms with Gasteiger partial charge < -0.3 is 4.90 Å². The van der Waals surface area contributed by atoms with Crippen LogP contribution in [0.2, 0.25) is 0 Å². The van der Waals surface area contributed by atoms with Crippen LogP contribution in [-0.4, -0.2) is 42.3 Å². The van der Waals surface area contributed by atoms with E-state index in [1.54, 1.807) is 12.1 Å². The molecule has 2 atom stereocenters. The fourth-order valence-corrected chi connectivity index (χ4v) is 7.69. The van der Waals surface area contributed by atoms with Crippen LogP contribution in [0.5, 0.6) is 0 Å². The quantitative estimate of drug-likeness (QED) is 0.745. The molecule has 0 aromatic heterocycles. The van der Waals surface area contributed by atoms with E-state index in [1.165, 1.54) is 23.9 Å².